The summed E-state index contributed by atoms with van der Waals surface area (Å²) in [6.07, 6.45) is 3.11. The van der Waals surface area contributed by atoms with E-state index in [1.165, 1.54) is 13.1 Å². The van der Waals surface area contributed by atoms with E-state index in [1.54, 1.807) is 23.2 Å². The van der Waals surface area contributed by atoms with Crippen LogP contribution in [-0.2, 0) is 4.79 Å². The lowest BCUT2D eigenvalue weighted by atomic mass is 10.2. The number of nitrogens with zero attached hydrogens (tertiary/aromatic N) is 2. The van der Waals surface area contributed by atoms with Crippen LogP contribution in [0.2, 0.25) is 0 Å². The molecule has 0 saturated heterocycles. The number of para-hydroxylation sites is 1. The van der Waals surface area contributed by atoms with Crippen LogP contribution in [-0.4, -0.2) is 29.9 Å². The Balaban J connectivity index is 1.59. The van der Waals surface area contributed by atoms with Crippen molar-refractivity contribution in [3.8, 4) is 11.5 Å². The van der Waals surface area contributed by atoms with E-state index in [2.05, 4.69) is 10.3 Å². The maximum Gasteiger partial charge on any atom is 0.252 e. The zero-order valence-corrected chi connectivity index (χ0v) is 15.5. The summed E-state index contributed by atoms with van der Waals surface area (Å²) >= 11 is 0. The number of hydrogen-bond donors (Lipinski definition) is 1. The molecule has 0 aliphatic heterocycles. The third kappa shape index (κ3) is 5.17. The first-order chi connectivity index (χ1) is 13.6. The zero-order valence-electron chi connectivity index (χ0n) is 15.5. The smallest absolute Gasteiger partial charge is 0.252 e. The van der Waals surface area contributed by atoms with Crippen LogP contribution in [0.15, 0.2) is 79.1 Å². The number of hydrogen-bond acceptors (Lipinski definition) is 4. The molecule has 1 aromatic heterocycles. The van der Waals surface area contributed by atoms with Crippen molar-refractivity contribution < 1.29 is 14.3 Å². The second kappa shape index (κ2) is 9.32. The van der Waals surface area contributed by atoms with E-state index >= 15 is 0 Å². The van der Waals surface area contributed by atoms with E-state index in [-0.39, 0.29) is 11.8 Å². The Morgan fingerprint density at radius 2 is 1.68 bits per heavy atom. The van der Waals surface area contributed by atoms with Crippen LogP contribution in [0.5, 0.6) is 11.5 Å². The molecule has 0 unspecified atom stereocenters. The van der Waals surface area contributed by atoms with E-state index in [0.717, 1.165) is 11.4 Å². The molecule has 0 aliphatic carbocycles. The van der Waals surface area contributed by atoms with Crippen molar-refractivity contribution in [1.29, 1.82) is 0 Å². The van der Waals surface area contributed by atoms with Gasteiger partial charge in [-0.25, -0.2) is 0 Å². The minimum Gasteiger partial charge on any atom is -0.457 e. The van der Waals surface area contributed by atoms with Gasteiger partial charge in [-0.2, -0.15) is 0 Å². The Labute approximate surface area is 163 Å². The van der Waals surface area contributed by atoms with Crippen LogP contribution in [0, 0.1) is 0 Å². The van der Waals surface area contributed by atoms with Crippen molar-refractivity contribution in [3.63, 3.8) is 0 Å². The Kier molecular flexibility index (Phi) is 6.36. The van der Waals surface area contributed by atoms with Gasteiger partial charge in [-0.15, -0.1) is 0 Å². The van der Waals surface area contributed by atoms with Gasteiger partial charge in [0.05, 0.1) is 5.56 Å². The summed E-state index contributed by atoms with van der Waals surface area (Å²) in [6.45, 7) is 2.19. The van der Waals surface area contributed by atoms with Crippen LogP contribution in [0.4, 0.5) is 5.69 Å². The number of anilines is 1. The minimum atomic E-state index is -0.219. The van der Waals surface area contributed by atoms with Gasteiger partial charge < -0.3 is 15.0 Å². The number of nitrogens with one attached hydrogen (secondary N) is 1. The molecular weight excluding hydrogens is 354 g/mol. The van der Waals surface area contributed by atoms with Crippen LogP contribution in [0.3, 0.4) is 0 Å². The van der Waals surface area contributed by atoms with Gasteiger partial charge in [0.2, 0.25) is 5.91 Å². The van der Waals surface area contributed by atoms with E-state index in [1.807, 2.05) is 54.6 Å². The number of ether oxygens (including phenoxy) is 1. The number of carbonyl (C=O) groups is 2. The normalized spacial score (nSPS) is 10.2. The second-order valence-electron chi connectivity index (χ2n) is 6.08. The fourth-order valence-corrected chi connectivity index (χ4v) is 2.67. The molecule has 3 rings (SSSR count). The SMILES string of the molecule is CC(=O)N(CCNC(=O)c1cccnc1)c1ccc(Oc2ccccc2)cc1. The van der Waals surface area contributed by atoms with Crippen molar-refractivity contribution in [2.24, 2.45) is 0 Å². The number of pyridine rings is 1. The molecule has 28 heavy (non-hydrogen) atoms. The number of aromatic nitrogens is 1. The molecule has 0 aliphatic rings. The van der Waals surface area contributed by atoms with Crippen LogP contribution >= 0.6 is 0 Å². The maximum atomic E-state index is 12.1. The predicted molar refractivity (Wildman–Crippen MR) is 108 cm³/mol. The lowest BCUT2D eigenvalue weighted by molar-refractivity contribution is -0.116. The van der Waals surface area contributed by atoms with E-state index in [0.29, 0.717) is 24.4 Å². The van der Waals surface area contributed by atoms with E-state index in [9.17, 15) is 9.59 Å². The molecule has 6 nitrogen and oxygen atoms in total. The molecule has 0 spiro atoms. The van der Waals surface area contributed by atoms with Crippen LogP contribution in [0.25, 0.3) is 0 Å². The molecule has 0 bridgehead atoms. The summed E-state index contributed by atoms with van der Waals surface area (Å²) in [5, 5.41) is 2.80. The van der Waals surface area contributed by atoms with Gasteiger partial charge in [0.1, 0.15) is 11.5 Å². The Bertz CT molecular complexity index is 913. The Morgan fingerprint density at radius 3 is 2.32 bits per heavy atom. The van der Waals surface area contributed by atoms with Gasteiger partial charge in [0.15, 0.2) is 0 Å². The molecule has 2 aromatic carbocycles. The second-order valence-corrected chi connectivity index (χ2v) is 6.08. The zero-order chi connectivity index (χ0) is 19.8. The van der Waals surface area contributed by atoms with Crippen molar-refractivity contribution in [1.82, 2.24) is 10.3 Å². The molecule has 0 atom stereocenters. The van der Waals surface area contributed by atoms with Gasteiger partial charge in [-0.05, 0) is 48.5 Å². The fourth-order valence-electron chi connectivity index (χ4n) is 2.67. The molecule has 142 valence electrons. The topological polar surface area (TPSA) is 71.5 Å². The molecule has 2 amide bonds. The predicted octanol–water partition coefficient (Wildman–Crippen LogP) is 3.66. The van der Waals surface area contributed by atoms with Crippen LogP contribution < -0.4 is 15.0 Å². The lowest BCUT2D eigenvalue weighted by Gasteiger charge is -2.21. The molecule has 1 heterocycles. The first-order valence-corrected chi connectivity index (χ1v) is 8.93. The number of rotatable bonds is 7. The third-order valence-corrected chi connectivity index (χ3v) is 4.05. The highest BCUT2D eigenvalue weighted by Gasteiger charge is 2.12. The largest absolute Gasteiger partial charge is 0.457 e. The molecule has 0 radical (unpaired) electrons. The van der Waals surface area contributed by atoms with E-state index in [4.69, 9.17) is 4.74 Å². The molecule has 3 aromatic rings. The van der Waals surface area contributed by atoms with Crippen LogP contribution in [0.1, 0.15) is 17.3 Å². The highest BCUT2D eigenvalue weighted by Crippen LogP contribution is 2.24. The quantitative estimate of drug-likeness (QED) is 0.684. The first kappa shape index (κ1) is 19.1. The van der Waals surface area contributed by atoms with Gasteiger partial charge >= 0.3 is 0 Å². The van der Waals surface area contributed by atoms with Crippen molar-refractivity contribution in [2.75, 3.05) is 18.0 Å². The number of benzene rings is 2. The van der Waals surface area contributed by atoms with Gasteiger partial charge in [0, 0.05) is 38.1 Å². The van der Waals surface area contributed by atoms with Gasteiger partial charge in [-0.3, -0.25) is 14.6 Å². The van der Waals surface area contributed by atoms with Crippen molar-refractivity contribution in [3.05, 3.63) is 84.7 Å². The highest BCUT2D eigenvalue weighted by molar-refractivity contribution is 5.94. The summed E-state index contributed by atoms with van der Waals surface area (Å²) < 4.78 is 5.77. The van der Waals surface area contributed by atoms with E-state index < -0.39 is 0 Å². The van der Waals surface area contributed by atoms with Gasteiger partial charge in [-0.1, -0.05) is 18.2 Å². The fraction of sp³-hybridized carbons (Fsp3) is 0.136. The highest BCUT2D eigenvalue weighted by atomic mass is 16.5. The minimum absolute atomic E-state index is 0.104. The lowest BCUT2D eigenvalue weighted by Crippen LogP contribution is -2.37. The summed E-state index contributed by atoms with van der Waals surface area (Å²) in [5.41, 5.74) is 1.22. The Morgan fingerprint density at radius 1 is 0.964 bits per heavy atom. The standard InChI is InChI=1S/C22H21N3O3/c1-17(26)25(15-14-24-22(27)18-6-5-13-23-16-18)19-9-11-21(12-10-19)28-20-7-3-2-4-8-20/h2-13,16H,14-15H2,1H3,(H,24,27). The summed E-state index contributed by atoms with van der Waals surface area (Å²) in [4.78, 5) is 29.7. The monoisotopic (exact) mass is 375 g/mol. The molecule has 6 heteroatoms. The van der Waals surface area contributed by atoms with Gasteiger partial charge in [0.25, 0.3) is 5.91 Å². The first-order valence-electron chi connectivity index (χ1n) is 8.93. The van der Waals surface area contributed by atoms with Crippen molar-refractivity contribution >= 4 is 17.5 Å². The average molecular weight is 375 g/mol. The average Bonchev–Trinajstić information content (AvgIpc) is 2.73. The number of carbonyl (C=O) groups excluding carboxylic acids is 2. The third-order valence-electron chi connectivity index (χ3n) is 4.05. The molecule has 0 saturated carbocycles. The molecule has 0 fully saturated rings. The number of amides is 2. The summed E-state index contributed by atoms with van der Waals surface area (Å²) in [6, 6.07) is 20.1. The molecular formula is C22H21N3O3. The molecule has 1 N–H and O–H groups in total. The Hall–Kier alpha value is -3.67. The maximum absolute atomic E-state index is 12.1. The summed E-state index contributed by atoms with van der Waals surface area (Å²) in [7, 11) is 0. The van der Waals surface area contributed by atoms with Crippen molar-refractivity contribution in [2.45, 2.75) is 6.92 Å². The summed E-state index contributed by atoms with van der Waals surface area (Å²) in [5.74, 6) is 1.11.